The van der Waals surface area contributed by atoms with Gasteiger partial charge in [-0.3, -0.25) is 28.9 Å². The number of hydrogen-bond acceptors (Lipinski definition) is 7. The predicted molar refractivity (Wildman–Crippen MR) is 204 cm³/mol. The molecular weight excluding hydrogens is 704 g/mol. The number of carbonyl (C=O) groups excluding carboxylic acids is 4. The molecule has 0 aromatic heterocycles. The lowest BCUT2D eigenvalue weighted by Crippen LogP contribution is -2.49. The first-order valence-corrected chi connectivity index (χ1v) is 18.8. The largest absolute Gasteiger partial charge is 0.497 e. The van der Waals surface area contributed by atoms with E-state index in [1.54, 1.807) is 48.4 Å². The summed E-state index contributed by atoms with van der Waals surface area (Å²) < 4.78 is 5.29. The second kappa shape index (κ2) is 18.5. The summed E-state index contributed by atoms with van der Waals surface area (Å²) in [7, 11) is 1.56. The Kier molecular flexibility index (Phi) is 13.6. The molecule has 292 valence electrons. The van der Waals surface area contributed by atoms with Gasteiger partial charge >= 0.3 is 11.9 Å². The Morgan fingerprint density at radius 1 is 0.873 bits per heavy atom. The summed E-state index contributed by atoms with van der Waals surface area (Å²) in [4.78, 5) is 80.5. The number of ether oxygens (including phenoxy) is 1. The van der Waals surface area contributed by atoms with Crippen molar-refractivity contribution in [1.29, 1.82) is 0 Å². The molecule has 55 heavy (non-hydrogen) atoms. The average Bonchev–Trinajstić information content (AvgIpc) is 3.76. The molecule has 0 spiro atoms. The van der Waals surface area contributed by atoms with E-state index in [2.05, 4.69) is 10.6 Å². The van der Waals surface area contributed by atoms with Gasteiger partial charge in [-0.25, -0.2) is 4.79 Å². The topological polar surface area (TPSA) is 183 Å². The van der Waals surface area contributed by atoms with Crippen molar-refractivity contribution in [3.05, 3.63) is 95.6 Å². The number of carboxylic acids is 2. The number of rotatable bonds is 18. The summed E-state index contributed by atoms with van der Waals surface area (Å²) in [5, 5.41) is 25.1. The van der Waals surface area contributed by atoms with Crippen molar-refractivity contribution in [2.45, 2.75) is 95.8 Å². The first kappa shape index (κ1) is 40.5. The number of carbonyl (C=O) groups is 6. The van der Waals surface area contributed by atoms with Gasteiger partial charge in [0.15, 0.2) is 0 Å². The number of amides is 4. The average molecular weight is 755 g/mol. The van der Waals surface area contributed by atoms with Crippen molar-refractivity contribution in [3.8, 4) is 5.75 Å². The van der Waals surface area contributed by atoms with Gasteiger partial charge in [-0.1, -0.05) is 67.4 Å². The molecule has 4 N–H and O–H groups in total. The molecule has 3 aromatic rings. The van der Waals surface area contributed by atoms with Gasteiger partial charge in [-0.05, 0) is 73.1 Å². The Balaban J connectivity index is 1.41. The second-order valence-electron chi connectivity index (χ2n) is 14.4. The van der Waals surface area contributed by atoms with Gasteiger partial charge in [-0.2, -0.15) is 0 Å². The highest BCUT2D eigenvalue weighted by Gasteiger charge is 2.48. The third-order valence-corrected chi connectivity index (χ3v) is 10.7. The maximum absolute atomic E-state index is 14.5. The monoisotopic (exact) mass is 754 g/mol. The van der Waals surface area contributed by atoms with Crippen LogP contribution in [0.4, 0.5) is 5.69 Å². The summed E-state index contributed by atoms with van der Waals surface area (Å²) in [6.07, 6.45) is 3.08. The van der Waals surface area contributed by atoms with E-state index in [0.29, 0.717) is 55.6 Å². The van der Waals surface area contributed by atoms with Crippen LogP contribution >= 0.6 is 0 Å². The lowest BCUT2D eigenvalue weighted by atomic mass is 9.81. The Labute approximate surface area is 321 Å². The Morgan fingerprint density at radius 3 is 2.13 bits per heavy atom. The van der Waals surface area contributed by atoms with Crippen molar-refractivity contribution >= 4 is 41.3 Å². The molecule has 0 radical (unpaired) electrons. The van der Waals surface area contributed by atoms with Crippen LogP contribution in [0, 0.1) is 5.41 Å². The zero-order valence-corrected chi connectivity index (χ0v) is 31.4. The number of aryl methyl sites for hydroxylation is 1. The van der Waals surface area contributed by atoms with Gasteiger partial charge in [0.25, 0.3) is 5.91 Å². The third kappa shape index (κ3) is 10.3. The molecule has 13 nitrogen and oxygen atoms in total. The zero-order chi connectivity index (χ0) is 39.5. The zero-order valence-electron chi connectivity index (χ0n) is 31.4. The van der Waals surface area contributed by atoms with Gasteiger partial charge in [0.2, 0.25) is 17.7 Å². The van der Waals surface area contributed by atoms with Gasteiger partial charge in [0.05, 0.1) is 18.9 Å². The van der Waals surface area contributed by atoms with E-state index >= 15 is 0 Å². The molecule has 5 rings (SSSR count). The highest BCUT2D eigenvalue weighted by molar-refractivity contribution is 6.03. The molecule has 3 atom stereocenters. The van der Waals surface area contributed by atoms with E-state index in [4.69, 9.17) is 4.74 Å². The Morgan fingerprint density at radius 2 is 1.53 bits per heavy atom. The summed E-state index contributed by atoms with van der Waals surface area (Å²) in [5.74, 6) is -2.94. The lowest BCUT2D eigenvalue weighted by molar-refractivity contribution is -0.144. The van der Waals surface area contributed by atoms with Crippen LogP contribution in [0.1, 0.15) is 75.0 Å². The maximum atomic E-state index is 14.5. The molecule has 1 aliphatic heterocycles. The van der Waals surface area contributed by atoms with Crippen molar-refractivity contribution < 1.29 is 43.7 Å². The minimum absolute atomic E-state index is 0.00555. The Hall–Kier alpha value is -5.72. The van der Waals surface area contributed by atoms with E-state index in [-0.39, 0.29) is 43.4 Å². The fraction of sp³-hybridized carbons (Fsp3) is 0.429. The van der Waals surface area contributed by atoms with Gasteiger partial charge in [0.1, 0.15) is 24.0 Å². The van der Waals surface area contributed by atoms with Crippen LogP contribution in [-0.2, 0) is 48.0 Å². The minimum atomic E-state index is -1.21. The fourth-order valence-corrected chi connectivity index (χ4v) is 7.78. The van der Waals surface area contributed by atoms with Crippen molar-refractivity contribution in [2.75, 3.05) is 18.6 Å². The predicted octanol–water partition coefficient (Wildman–Crippen LogP) is 4.50. The number of benzene rings is 3. The molecule has 3 aromatic carbocycles. The number of nitrogens with one attached hydrogen (secondary N) is 2. The van der Waals surface area contributed by atoms with Crippen molar-refractivity contribution in [2.24, 2.45) is 5.41 Å². The summed E-state index contributed by atoms with van der Waals surface area (Å²) >= 11 is 0. The van der Waals surface area contributed by atoms with Crippen molar-refractivity contribution in [1.82, 2.24) is 15.5 Å². The van der Waals surface area contributed by atoms with Crippen LogP contribution in [0.5, 0.6) is 5.75 Å². The van der Waals surface area contributed by atoms with E-state index in [0.717, 1.165) is 24.0 Å². The second-order valence-corrected chi connectivity index (χ2v) is 14.4. The highest BCUT2D eigenvalue weighted by Crippen LogP contribution is 2.41. The van der Waals surface area contributed by atoms with Crippen LogP contribution in [0.2, 0.25) is 0 Å². The van der Waals surface area contributed by atoms with Gasteiger partial charge < -0.3 is 30.5 Å². The van der Waals surface area contributed by atoms with Crippen LogP contribution < -0.4 is 20.3 Å². The molecule has 13 heteroatoms. The van der Waals surface area contributed by atoms with Crippen LogP contribution in [-0.4, -0.2) is 82.6 Å². The first-order chi connectivity index (χ1) is 26.4. The molecule has 1 aliphatic carbocycles. The Bertz CT molecular complexity index is 1830. The molecule has 1 saturated heterocycles. The normalized spacial score (nSPS) is 18.1. The van der Waals surface area contributed by atoms with Crippen LogP contribution in [0.25, 0.3) is 0 Å². The molecular formula is C42H50N4O9. The number of aliphatic carboxylic acids is 2. The third-order valence-electron chi connectivity index (χ3n) is 10.7. The SMILES string of the molecule is COc1ccc(C[C@@H]2C(=O)N(c3ccc(CC(NC(=O)C4(CCNC(C)=O)CCCC4)C(=O)O)cc3)[C@H](CCc3ccccc3)N2C(=O)CCC(=O)O)cc1. The van der Waals surface area contributed by atoms with E-state index in [1.165, 1.54) is 11.8 Å². The van der Waals surface area contributed by atoms with E-state index in [9.17, 15) is 39.0 Å². The molecule has 1 unspecified atom stereocenters. The number of anilines is 1. The fourth-order valence-electron chi connectivity index (χ4n) is 7.78. The molecule has 1 saturated carbocycles. The van der Waals surface area contributed by atoms with Gasteiger partial charge in [0, 0.05) is 38.4 Å². The summed E-state index contributed by atoms with van der Waals surface area (Å²) in [5.41, 5.74) is 2.18. The smallest absolute Gasteiger partial charge is 0.326 e. The highest BCUT2D eigenvalue weighted by atomic mass is 16.5. The summed E-state index contributed by atoms with van der Waals surface area (Å²) in [6.45, 7) is 1.74. The minimum Gasteiger partial charge on any atom is -0.497 e. The molecule has 2 fully saturated rings. The number of methoxy groups -OCH3 is 1. The maximum Gasteiger partial charge on any atom is 0.326 e. The van der Waals surface area contributed by atoms with E-state index in [1.807, 2.05) is 42.5 Å². The summed E-state index contributed by atoms with van der Waals surface area (Å²) in [6, 6.07) is 21.6. The molecule has 2 aliphatic rings. The van der Waals surface area contributed by atoms with Crippen LogP contribution in [0.3, 0.4) is 0 Å². The molecule has 1 heterocycles. The first-order valence-electron chi connectivity index (χ1n) is 18.8. The standard InChI is InChI=1S/C42H50N4O9/c1-28(47)43-25-24-42(22-6-7-23-42)41(54)44-34(40(52)53)26-30-10-15-32(16-11-30)45-36(19-14-29-8-4-3-5-9-29)46(37(48)20-21-38(49)50)35(39(45)51)27-31-12-17-33(55-2)18-13-31/h3-5,8-13,15-18,34-36H,6-7,14,19-27H2,1-2H3,(H,43,47)(H,44,54)(H,49,50)(H,52,53)/t34?,35-,36+/m1/s1. The quantitative estimate of drug-likeness (QED) is 0.145. The van der Waals surface area contributed by atoms with Crippen LogP contribution in [0.15, 0.2) is 78.9 Å². The number of nitrogens with zero attached hydrogens (tertiary/aromatic N) is 2. The van der Waals surface area contributed by atoms with E-state index < -0.39 is 41.5 Å². The van der Waals surface area contributed by atoms with Crippen molar-refractivity contribution in [3.63, 3.8) is 0 Å². The number of hydrogen-bond donors (Lipinski definition) is 4. The lowest BCUT2D eigenvalue weighted by Gasteiger charge is -2.32. The van der Waals surface area contributed by atoms with Gasteiger partial charge in [-0.15, -0.1) is 0 Å². The number of carboxylic acid groups (broad SMARTS) is 2. The molecule has 0 bridgehead atoms. The molecule has 4 amide bonds.